The molecule has 0 saturated heterocycles. The van der Waals surface area contributed by atoms with Crippen LogP contribution in [0, 0.1) is 19.7 Å². The van der Waals surface area contributed by atoms with E-state index in [4.69, 9.17) is 10.2 Å². The lowest BCUT2D eigenvalue weighted by molar-refractivity contribution is 0.529. The zero-order valence-corrected chi connectivity index (χ0v) is 12.4. The molecule has 4 heteroatoms. The smallest absolute Gasteiger partial charge is 0.126 e. The summed E-state index contributed by atoms with van der Waals surface area (Å²) in [5.74, 6) is 0.687. The Bertz CT molecular complexity index is 605. The number of rotatable bonds is 4. The minimum absolute atomic E-state index is 0.214. The molecule has 2 N–H and O–H groups in total. The monoisotopic (exact) mass is 276 g/mol. The molecule has 108 valence electrons. The topological polar surface area (TPSA) is 42.4 Å². The van der Waals surface area contributed by atoms with Crippen LogP contribution in [0.3, 0.4) is 0 Å². The van der Waals surface area contributed by atoms with E-state index in [1.54, 1.807) is 13.2 Å². The van der Waals surface area contributed by atoms with Crippen molar-refractivity contribution in [2.75, 3.05) is 11.9 Å². The van der Waals surface area contributed by atoms with E-state index in [0.717, 1.165) is 22.6 Å². The van der Waals surface area contributed by atoms with Crippen molar-refractivity contribution in [3.8, 4) is 0 Å². The predicted molar refractivity (Wildman–Crippen MR) is 79.3 cm³/mol. The third kappa shape index (κ3) is 2.85. The summed E-state index contributed by atoms with van der Waals surface area (Å²) in [5.41, 5.74) is 9.48. The van der Waals surface area contributed by atoms with Crippen LogP contribution in [0.2, 0.25) is 0 Å². The fourth-order valence-electron chi connectivity index (χ4n) is 2.29. The first-order valence-corrected chi connectivity index (χ1v) is 6.70. The molecule has 0 aliphatic heterocycles. The summed E-state index contributed by atoms with van der Waals surface area (Å²) in [7, 11) is 1.98. The summed E-state index contributed by atoms with van der Waals surface area (Å²) < 4.78 is 19.0. The molecule has 1 aromatic carbocycles. The van der Waals surface area contributed by atoms with Crippen LogP contribution in [0.15, 0.2) is 28.9 Å². The van der Waals surface area contributed by atoms with Gasteiger partial charge in [0.15, 0.2) is 0 Å². The second kappa shape index (κ2) is 5.67. The van der Waals surface area contributed by atoms with Gasteiger partial charge in [0.1, 0.15) is 11.6 Å². The molecule has 20 heavy (non-hydrogen) atoms. The fraction of sp³-hybridized carbons (Fsp3) is 0.375. The number of hydrogen-bond donors (Lipinski definition) is 1. The third-order valence-electron chi connectivity index (χ3n) is 3.58. The van der Waals surface area contributed by atoms with Crippen LogP contribution in [0.1, 0.15) is 35.4 Å². The maximum absolute atomic E-state index is 13.7. The Kier molecular flexibility index (Phi) is 4.14. The number of benzene rings is 1. The molecule has 2 aromatic rings. The van der Waals surface area contributed by atoms with E-state index in [1.807, 2.05) is 33.0 Å². The summed E-state index contributed by atoms with van der Waals surface area (Å²) in [4.78, 5) is 2.07. The maximum atomic E-state index is 13.7. The number of aryl methyl sites for hydroxylation is 2. The maximum Gasteiger partial charge on any atom is 0.126 e. The number of anilines is 1. The van der Waals surface area contributed by atoms with Crippen LogP contribution < -0.4 is 10.6 Å². The number of hydrogen-bond acceptors (Lipinski definition) is 3. The number of halogens is 1. The van der Waals surface area contributed by atoms with Crippen molar-refractivity contribution >= 4 is 5.69 Å². The van der Waals surface area contributed by atoms with Crippen LogP contribution in [-0.4, -0.2) is 7.05 Å². The summed E-state index contributed by atoms with van der Waals surface area (Å²) in [6, 6.07) is 5.12. The second-order valence-electron chi connectivity index (χ2n) is 5.31. The minimum atomic E-state index is -0.215. The minimum Gasteiger partial charge on any atom is -0.469 e. The first-order chi connectivity index (χ1) is 9.40. The van der Waals surface area contributed by atoms with Gasteiger partial charge in [-0.15, -0.1) is 0 Å². The molecule has 0 spiro atoms. The fourth-order valence-corrected chi connectivity index (χ4v) is 2.29. The molecule has 1 aromatic heterocycles. The Hall–Kier alpha value is -1.81. The first kappa shape index (κ1) is 14.6. The molecule has 0 unspecified atom stereocenters. The van der Waals surface area contributed by atoms with E-state index in [1.165, 1.54) is 6.07 Å². The van der Waals surface area contributed by atoms with Gasteiger partial charge in [-0.3, -0.25) is 0 Å². The Morgan fingerprint density at radius 2 is 2.05 bits per heavy atom. The highest BCUT2D eigenvalue weighted by atomic mass is 19.1. The van der Waals surface area contributed by atoms with Crippen molar-refractivity contribution in [3.63, 3.8) is 0 Å². The number of nitrogens with two attached hydrogens (primary N) is 1. The summed E-state index contributed by atoms with van der Waals surface area (Å²) in [6.45, 7) is 6.27. The van der Waals surface area contributed by atoms with Crippen molar-refractivity contribution < 1.29 is 8.81 Å². The average Bonchev–Trinajstić information content (AvgIpc) is 2.77. The molecule has 0 bridgehead atoms. The Morgan fingerprint density at radius 3 is 2.60 bits per heavy atom. The van der Waals surface area contributed by atoms with E-state index < -0.39 is 0 Å². The Morgan fingerprint density at radius 1 is 1.35 bits per heavy atom. The highest BCUT2D eigenvalue weighted by molar-refractivity contribution is 5.57. The molecule has 0 amide bonds. The van der Waals surface area contributed by atoms with Crippen molar-refractivity contribution in [3.05, 3.63) is 52.7 Å². The van der Waals surface area contributed by atoms with Gasteiger partial charge in [-0.05, 0) is 50.1 Å². The lowest BCUT2D eigenvalue weighted by atomic mass is 10.0. The van der Waals surface area contributed by atoms with Gasteiger partial charge in [0.25, 0.3) is 0 Å². The molecule has 0 aliphatic carbocycles. The average molecular weight is 276 g/mol. The molecule has 0 radical (unpaired) electrons. The molecule has 0 saturated carbocycles. The van der Waals surface area contributed by atoms with Crippen LogP contribution in [0.4, 0.5) is 10.1 Å². The molecule has 0 aliphatic rings. The zero-order valence-electron chi connectivity index (χ0n) is 12.4. The predicted octanol–water partition coefficient (Wildman–Crippen LogP) is 3.69. The summed E-state index contributed by atoms with van der Waals surface area (Å²) >= 11 is 0. The summed E-state index contributed by atoms with van der Waals surface area (Å²) in [5, 5.41) is 0. The summed E-state index contributed by atoms with van der Waals surface area (Å²) in [6.07, 6.45) is 1.68. The number of nitrogens with zero attached hydrogens (tertiary/aromatic N) is 1. The van der Waals surface area contributed by atoms with Crippen LogP contribution in [0.25, 0.3) is 0 Å². The third-order valence-corrected chi connectivity index (χ3v) is 3.58. The lowest BCUT2D eigenvalue weighted by Gasteiger charge is -2.24. The van der Waals surface area contributed by atoms with Gasteiger partial charge in [-0.25, -0.2) is 4.39 Å². The lowest BCUT2D eigenvalue weighted by Crippen LogP contribution is -2.21. The zero-order chi connectivity index (χ0) is 14.9. The molecule has 0 fully saturated rings. The van der Waals surface area contributed by atoms with Crippen molar-refractivity contribution in [2.24, 2.45) is 5.73 Å². The van der Waals surface area contributed by atoms with E-state index >= 15 is 0 Å². The van der Waals surface area contributed by atoms with Gasteiger partial charge < -0.3 is 15.1 Å². The van der Waals surface area contributed by atoms with Gasteiger partial charge in [0, 0.05) is 30.9 Å². The molecule has 1 heterocycles. The van der Waals surface area contributed by atoms with Gasteiger partial charge >= 0.3 is 0 Å². The van der Waals surface area contributed by atoms with Gasteiger partial charge in [0.2, 0.25) is 0 Å². The van der Waals surface area contributed by atoms with Gasteiger partial charge in [0.05, 0.1) is 6.26 Å². The van der Waals surface area contributed by atoms with Gasteiger partial charge in [-0.2, -0.15) is 0 Å². The van der Waals surface area contributed by atoms with Crippen molar-refractivity contribution in [1.82, 2.24) is 0 Å². The van der Waals surface area contributed by atoms with E-state index in [9.17, 15) is 4.39 Å². The SMILES string of the molecule is Cc1cc(N(C)Cc2ccoc2C)c([C@@H](C)N)cc1F. The highest BCUT2D eigenvalue weighted by Crippen LogP contribution is 2.29. The standard InChI is InChI=1S/C16H21FN2O/c1-10-7-16(14(11(2)18)8-15(10)17)19(4)9-13-5-6-20-12(13)3/h5-8,11H,9,18H2,1-4H3/t11-/m1/s1. The van der Waals surface area contributed by atoms with E-state index in [2.05, 4.69) is 4.90 Å². The Labute approximate surface area is 119 Å². The van der Waals surface area contributed by atoms with E-state index in [-0.39, 0.29) is 11.9 Å². The largest absolute Gasteiger partial charge is 0.469 e. The molecule has 3 nitrogen and oxygen atoms in total. The second-order valence-corrected chi connectivity index (χ2v) is 5.31. The van der Waals surface area contributed by atoms with Crippen molar-refractivity contribution in [2.45, 2.75) is 33.4 Å². The molecule has 2 rings (SSSR count). The quantitative estimate of drug-likeness (QED) is 0.926. The normalized spacial score (nSPS) is 12.5. The van der Waals surface area contributed by atoms with Crippen LogP contribution in [-0.2, 0) is 6.54 Å². The highest BCUT2D eigenvalue weighted by Gasteiger charge is 2.15. The van der Waals surface area contributed by atoms with Crippen molar-refractivity contribution in [1.29, 1.82) is 0 Å². The van der Waals surface area contributed by atoms with Crippen LogP contribution >= 0.6 is 0 Å². The van der Waals surface area contributed by atoms with Crippen LogP contribution in [0.5, 0.6) is 0 Å². The first-order valence-electron chi connectivity index (χ1n) is 6.70. The number of furan rings is 1. The molecule has 1 atom stereocenters. The van der Waals surface area contributed by atoms with Gasteiger partial charge in [-0.1, -0.05) is 0 Å². The Balaban J connectivity index is 2.36. The molecular formula is C16H21FN2O. The van der Waals surface area contributed by atoms with E-state index in [0.29, 0.717) is 12.1 Å². The molecular weight excluding hydrogens is 255 g/mol.